The molecule has 3 rings (SSSR count). The van der Waals surface area contributed by atoms with Crippen molar-refractivity contribution in [3.63, 3.8) is 0 Å². The van der Waals surface area contributed by atoms with Crippen LogP contribution in [-0.2, 0) is 0 Å². The fraction of sp³-hybridized carbons (Fsp3) is 0. The van der Waals surface area contributed by atoms with E-state index >= 15 is 0 Å². The van der Waals surface area contributed by atoms with Crippen molar-refractivity contribution < 1.29 is 4.79 Å². The Hall–Kier alpha value is -2.46. The molecule has 1 aromatic heterocycles. The smallest absolute Gasteiger partial charge is 0.193 e. The Bertz CT molecular complexity index is 733. The molecule has 20 heavy (non-hydrogen) atoms. The van der Waals surface area contributed by atoms with Crippen LogP contribution in [0, 0.1) is 0 Å². The Morgan fingerprint density at radius 3 is 2.20 bits per heavy atom. The second kappa shape index (κ2) is 5.27. The van der Waals surface area contributed by atoms with Gasteiger partial charge in [-0.05, 0) is 0 Å². The largest absolute Gasteiger partial charge is 0.375 e. The Kier molecular flexibility index (Phi) is 3.31. The van der Waals surface area contributed by atoms with Gasteiger partial charge in [0.15, 0.2) is 10.9 Å². The fourth-order valence-electron chi connectivity index (χ4n) is 1.97. The van der Waals surface area contributed by atoms with E-state index in [1.54, 1.807) is 0 Å². The summed E-state index contributed by atoms with van der Waals surface area (Å²) in [6.45, 7) is 0. The van der Waals surface area contributed by atoms with E-state index in [0.29, 0.717) is 16.3 Å². The van der Waals surface area contributed by atoms with E-state index in [9.17, 15) is 4.79 Å². The maximum atomic E-state index is 12.3. The maximum Gasteiger partial charge on any atom is 0.193 e. The quantitative estimate of drug-likeness (QED) is 0.745. The minimum absolute atomic E-state index is 0.0231. The molecule has 0 amide bonds. The summed E-state index contributed by atoms with van der Waals surface area (Å²) in [7, 11) is 0. The van der Waals surface area contributed by atoms with E-state index in [1.807, 2.05) is 60.0 Å². The number of thiazole rings is 1. The molecular formula is C16H12N2OS. The van der Waals surface area contributed by atoms with Gasteiger partial charge in [0.2, 0.25) is 0 Å². The van der Waals surface area contributed by atoms with Crippen LogP contribution in [0.1, 0.15) is 15.9 Å². The molecular weight excluding hydrogens is 268 g/mol. The van der Waals surface area contributed by atoms with Crippen molar-refractivity contribution >= 4 is 22.3 Å². The predicted octanol–water partition coefficient (Wildman–Crippen LogP) is 3.62. The summed E-state index contributed by atoms with van der Waals surface area (Å²) >= 11 is 1.41. The summed E-state index contributed by atoms with van der Waals surface area (Å²) in [5.74, 6) is 0.0231. The van der Waals surface area contributed by atoms with Crippen molar-refractivity contribution in [1.29, 1.82) is 0 Å². The van der Waals surface area contributed by atoms with Crippen LogP contribution in [0.2, 0.25) is 0 Å². The first-order chi connectivity index (χ1) is 9.74. The molecule has 0 aliphatic rings. The van der Waals surface area contributed by atoms with Gasteiger partial charge in [-0.2, -0.15) is 0 Å². The van der Waals surface area contributed by atoms with Gasteiger partial charge >= 0.3 is 0 Å². The molecule has 0 aliphatic carbocycles. The molecule has 0 atom stereocenters. The number of ketones is 1. The molecule has 98 valence electrons. The Morgan fingerprint density at radius 2 is 1.60 bits per heavy atom. The maximum absolute atomic E-state index is 12.3. The first-order valence-electron chi connectivity index (χ1n) is 6.15. The van der Waals surface area contributed by atoms with Gasteiger partial charge in [0.25, 0.3) is 0 Å². The molecule has 3 aromatic rings. The average molecular weight is 280 g/mol. The number of nitrogens with two attached hydrogens (primary N) is 1. The lowest BCUT2D eigenvalue weighted by atomic mass is 10.0. The van der Waals surface area contributed by atoms with Crippen LogP contribution >= 0.6 is 11.3 Å². The third-order valence-electron chi connectivity index (χ3n) is 3.00. The zero-order valence-corrected chi connectivity index (χ0v) is 11.4. The van der Waals surface area contributed by atoms with Gasteiger partial charge in [-0.3, -0.25) is 4.79 Å². The van der Waals surface area contributed by atoms with E-state index in [4.69, 9.17) is 5.73 Å². The number of hydrogen-bond acceptors (Lipinski definition) is 4. The third-order valence-corrected chi connectivity index (χ3v) is 3.67. The van der Waals surface area contributed by atoms with Gasteiger partial charge in [-0.15, -0.1) is 11.3 Å². The third kappa shape index (κ3) is 2.46. The first kappa shape index (κ1) is 12.6. The van der Waals surface area contributed by atoms with Crippen LogP contribution < -0.4 is 5.73 Å². The molecule has 0 spiro atoms. The van der Waals surface area contributed by atoms with Crippen LogP contribution in [0.15, 0.2) is 60.0 Å². The van der Waals surface area contributed by atoms with Crippen LogP contribution in [0.5, 0.6) is 0 Å². The normalized spacial score (nSPS) is 10.4. The van der Waals surface area contributed by atoms with Gasteiger partial charge in [-0.25, -0.2) is 4.98 Å². The minimum atomic E-state index is 0.0231. The summed E-state index contributed by atoms with van der Waals surface area (Å²) in [4.78, 5) is 16.5. The Balaban J connectivity index is 1.88. The highest BCUT2D eigenvalue weighted by atomic mass is 32.1. The van der Waals surface area contributed by atoms with Crippen molar-refractivity contribution in [3.05, 3.63) is 71.1 Å². The summed E-state index contributed by atoms with van der Waals surface area (Å²) in [6.07, 6.45) is 0. The lowest BCUT2D eigenvalue weighted by Crippen LogP contribution is -2.00. The molecule has 4 heteroatoms. The van der Waals surface area contributed by atoms with E-state index in [1.165, 1.54) is 11.3 Å². The van der Waals surface area contributed by atoms with E-state index in [0.717, 1.165) is 11.3 Å². The number of carbonyl (C=O) groups excluding carboxylic acids is 1. The van der Waals surface area contributed by atoms with Gasteiger partial charge in [0, 0.05) is 22.1 Å². The highest BCUT2D eigenvalue weighted by Crippen LogP contribution is 2.23. The number of aromatic nitrogens is 1. The second-order valence-electron chi connectivity index (χ2n) is 4.34. The average Bonchev–Trinajstić information content (AvgIpc) is 2.94. The summed E-state index contributed by atoms with van der Waals surface area (Å²) < 4.78 is 0. The molecule has 2 aromatic carbocycles. The molecule has 0 aliphatic heterocycles. The lowest BCUT2D eigenvalue weighted by molar-refractivity contribution is 0.103. The lowest BCUT2D eigenvalue weighted by Gasteiger charge is -2.02. The number of benzene rings is 2. The SMILES string of the molecule is Nc1nc(-c2ccc(C(=O)c3ccccc3)cc2)cs1. The molecule has 3 nitrogen and oxygen atoms in total. The summed E-state index contributed by atoms with van der Waals surface area (Å²) in [6, 6.07) is 16.7. The van der Waals surface area contributed by atoms with Crippen LogP contribution in [0.4, 0.5) is 5.13 Å². The highest BCUT2D eigenvalue weighted by Gasteiger charge is 2.09. The molecule has 0 saturated heterocycles. The van der Waals surface area contributed by atoms with Crippen LogP contribution in [0.25, 0.3) is 11.3 Å². The fourth-order valence-corrected chi connectivity index (χ4v) is 2.54. The summed E-state index contributed by atoms with van der Waals surface area (Å²) in [5, 5.41) is 2.45. The van der Waals surface area contributed by atoms with E-state index in [-0.39, 0.29) is 5.78 Å². The zero-order valence-electron chi connectivity index (χ0n) is 10.6. The van der Waals surface area contributed by atoms with E-state index < -0.39 is 0 Å². The number of rotatable bonds is 3. The number of carbonyl (C=O) groups is 1. The van der Waals surface area contributed by atoms with Crippen molar-refractivity contribution in [3.8, 4) is 11.3 Å². The molecule has 1 heterocycles. The zero-order chi connectivity index (χ0) is 13.9. The molecule has 0 unspecified atom stereocenters. The molecule has 0 bridgehead atoms. The van der Waals surface area contributed by atoms with Gasteiger partial charge in [-0.1, -0.05) is 54.6 Å². The van der Waals surface area contributed by atoms with Crippen molar-refractivity contribution in [2.75, 3.05) is 5.73 Å². The van der Waals surface area contributed by atoms with Crippen molar-refractivity contribution in [2.24, 2.45) is 0 Å². The number of nitrogen functional groups attached to an aromatic ring is 1. The standard InChI is InChI=1S/C16H12N2OS/c17-16-18-14(10-20-16)11-6-8-13(9-7-11)15(19)12-4-2-1-3-5-12/h1-10H,(H2,17,18). The van der Waals surface area contributed by atoms with Crippen LogP contribution in [-0.4, -0.2) is 10.8 Å². The first-order valence-corrected chi connectivity index (χ1v) is 7.03. The van der Waals surface area contributed by atoms with Crippen molar-refractivity contribution in [2.45, 2.75) is 0 Å². The highest BCUT2D eigenvalue weighted by molar-refractivity contribution is 7.13. The summed E-state index contributed by atoms with van der Waals surface area (Å²) in [5.41, 5.74) is 8.79. The molecule has 0 saturated carbocycles. The van der Waals surface area contributed by atoms with Crippen LogP contribution in [0.3, 0.4) is 0 Å². The monoisotopic (exact) mass is 280 g/mol. The molecule has 0 fully saturated rings. The Labute approximate surface area is 120 Å². The number of nitrogens with zero attached hydrogens (tertiary/aromatic N) is 1. The van der Waals surface area contributed by atoms with Gasteiger partial charge in [0.1, 0.15) is 0 Å². The predicted molar refractivity (Wildman–Crippen MR) is 81.8 cm³/mol. The van der Waals surface area contributed by atoms with Crippen molar-refractivity contribution in [1.82, 2.24) is 4.98 Å². The van der Waals surface area contributed by atoms with E-state index in [2.05, 4.69) is 4.98 Å². The van der Waals surface area contributed by atoms with Gasteiger partial charge in [0.05, 0.1) is 5.69 Å². The molecule has 0 radical (unpaired) electrons. The second-order valence-corrected chi connectivity index (χ2v) is 5.23. The Morgan fingerprint density at radius 1 is 0.950 bits per heavy atom. The molecule has 2 N–H and O–H groups in total. The minimum Gasteiger partial charge on any atom is -0.375 e. The number of anilines is 1. The number of hydrogen-bond donors (Lipinski definition) is 1. The topological polar surface area (TPSA) is 56.0 Å². The van der Waals surface area contributed by atoms with Gasteiger partial charge < -0.3 is 5.73 Å².